The molecule has 0 aliphatic heterocycles. The molecular weight excluding hydrogens is 405 g/mol. The van der Waals surface area contributed by atoms with Gasteiger partial charge in [-0.1, -0.05) is 5.92 Å². The maximum Gasteiger partial charge on any atom is 0.573 e. The Bertz CT molecular complexity index is 1110. The van der Waals surface area contributed by atoms with Crippen LogP contribution in [0.4, 0.5) is 13.2 Å². The average molecular weight is 420 g/mol. The van der Waals surface area contributed by atoms with Crippen molar-refractivity contribution in [2.75, 3.05) is 6.61 Å². The van der Waals surface area contributed by atoms with Crippen LogP contribution < -0.4 is 10.1 Å². The maximum atomic E-state index is 12.4. The summed E-state index contributed by atoms with van der Waals surface area (Å²) in [6.07, 6.45) is -3.34. The summed E-state index contributed by atoms with van der Waals surface area (Å²) in [6.45, 7) is -0.817. The molecule has 30 heavy (non-hydrogen) atoms. The van der Waals surface area contributed by atoms with E-state index in [1.54, 1.807) is 6.07 Å². The molecule has 0 saturated carbocycles. The molecule has 0 radical (unpaired) electrons. The highest BCUT2D eigenvalue weighted by molar-refractivity contribution is 5.93. The van der Waals surface area contributed by atoms with Crippen LogP contribution in [0.3, 0.4) is 0 Å². The Balaban J connectivity index is 1.98. The molecule has 0 saturated heterocycles. The number of ether oxygens (including phenoxy) is 1. The Kier molecular flexibility index (Phi) is 6.20. The molecule has 8 nitrogen and oxygen atoms in total. The van der Waals surface area contributed by atoms with Gasteiger partial charge in [-0.2, -0.15) is 5.10 Å². The van der Waals surface area contributed by atoms with Gasteiger partial charge in [-0.3, -0.25) is 4.79 Å². The average Bonchev–Trinajstić information content (AvgIpc) is 3.09. The number of aliphatic hydroxyl groups is 2. The van der Waals surface area contributed by atoms with Crippen molar-refractivity contribution in [2.24, 2.45) is 0 Å². The molecule has 0 unspecified atom stereocenters. The van der Waals surface area contributed by atoms with E-state index < -0.39 is 18.9 Å². The predicted octanol–water partition coefficient (Wildman–Crippen LogP) is 1.42. The molecule has 0 fully saturated rings. The van der Waals surface area contributed by atoms with Crippen molar-refractivity contribution in [1.29, 1.82) is 0 Å². The van der Waals surface area contributed by atoms with Gasteiger partial charge in [0.15, 0.2) is 5.65 Å². The first kappa shape index (κ1) is 21.1. The fraction of sp³-hybridized carbons (Fsp3) is 0.211. The van der Waals surface area contributed by atoms with E-state index >= 15 is 0 Å². The Labute approximate surface area is 167 Å². The summed E-state index contributed by atoms with van der Waals surface area (Å²) in [4.78, 5) is 15.9. The summed E-state index contributed by atoms with van der Waals surface area (Å²) in [5.41, 5.74) is 1.62. The highest BCUT2D eigenvalue weighted by Gasteiger charge is 2.31. The first-order chi connectivity index (χ1) is 14.3. The zero-order valence-corrected chi connectivity index (χ0v) is 15.3. The lowest BCUT2D eigenvalue weighted by Gasteiger charge is -2.09. The number of amides is 1. The molecule has 2 aromatic heterocycles. The van der Waals surface area contributed by atoms with E-state index in [0.717, 1.165) is 12.1 Å². The summed E-state index contributed by atoms with van der Waals surface area (Å²) >= 11 is 0. The van der Waals surface area contributed by atoms with Crippen LogP contribution in [0, 0.1) is 11.8 Å². The second-order valence-corrected chi connectivity index (χ2v) is 5.87. The maximum absolute atomic E-state index is 12.4. The molecule has 1 aromatic carbocycles. The monoisotopic (exact) mass is 420 g/mol. The molecule has 0 bridgehead atoms. The summed E-state index contributed by atoms with van der Waals surface area (Å²) in [7, 11) is 0. The minimum atomic E-state index is -4.80. The van der Waals surface area contributed by atoms with Gasteiger partial charge < -0.3 is 20.3 Å². The molecule has 156 valence electrons. The molecule has 3 aromatic rings. The Morgan fingerprint density at radius 3 is 2.57 bits per heavy atom. The van der Waals surface area contributed by atoms with E-state index in [-0.39, 0.29) is 18.9 Å². The zero-order chi connectivity index (χ0) is 21.7. The lowest BCUT2D eigenvalue weighted by Crippen LogP contribution is -2.21. The fourth-order valence-electron chi connectivity index (χ4n) is 2.73. The quantitative estimate of drug-likeness (QED) is 0.539. The van der Waals surface area contributed by atoms with E-state index in [1.165, 1.54) is 23.0 Å². The molecule has 0 atom stereocenters. The molecule has 0 aliphatic carbocycles. The van der Waals surface area contributed by atoms with Gasteiger partial charge in [-0.15, -0.1) is 13.2 Å². The van der Waals surface area contributed by atoms with Crippen LogP contribution in [0.15, 0.2) is 36.5 Å². The van der Waals surface area contributed by atoms with Crippen molar-refractivity contribution in [3.05, 3.63) is 47.8 Å². The van der Waals surface area contributed by atoms with E-state index in [0.29, 0.717) is 28.0 Å². The lowest BCUT2D eigenvalue weighted by molar-refractivity contribution is -0.274. The molecule has 11 heteroatoms. The number of fused-ring (bicyclic) bond motifs is 1. The summed E-state index contributed by atoms with van der Waals surface area (Å²) in [5, 5.41) is 25.7. The summed E-state index contributed by atoms with van der Waals surface area (Å²) < 4.78 is 42.3. The predicted molar refractivity (Wildman–Crippen MR) is 98.2 cm³/mol. The minimum absolute atomic E-state index is 0.0452. The number of hydrogen-bond acceptors (Lipinski definition) is 6. The van der Waals surface area contributed by atoms with Crippen molar-refractivity contribution < 1.29 is 32.9 Å². The van der Waals surface area contributed by atoms with Gasteiger partial charge in [0.25, 0.3) is 5.91 Å². The molecular formula is C19H15F3N4O4. The van der Waals surface area contributed by atoms with Crippen LogP contribution >= 0.6 is 0 Å². The number of benzene rings is 1. The van der Waals surface area contributed by atoms with Crippen LogP contribution in [0.1, 0.15) is 11.3 Å². The third-order valence-electron chi connectivity index (χ3n) is 3.91. The number of carbonyl (C=O) groups excluding carboxylic acids is 1. The van der Waals surface area contributed by atoms with Crippen molar-refractivity contribution in [3.8, 4) is 23.3 Å². The van der Waals surface area contributed by atoms with E-state index in [4.69, 9.17) is 5.11 Å². The molecule has 3 N–H and O–H groups in total. The van der Waals surface area contributed by atoms with E-state index in [1.807, 2.05) is 0 Å². The first-order valence-corrected chi connectivity index (χ1v) is 8.52. The number of nitrogens with zero attached hydrogens (tertiary/aromatic N) is 3. The molecule has 2 heterocycles. The topological polar surface area (TPSA) is 110 Å². The number of hydrogen-bond donors (Lipinski definition) is 3. The number of aromatic nitrogens is 3. The van der Waals surface area contributed by atoms with Crippen LogP contribution in [0.2, 0.25) is 0 Å². The minimum Gasteiger partial charge on any atom is -0.406 e. The number of halogens is 3. The molecule has 0 spiro atoms. The van der Waals surface area contributed by atoms with Crippen LogP contribution in [-0.2, 0) is 17.9 Å². The third kappa shape index (κ3) is 4.86. The number of nitrogens with one attached hydrogen (secondary N) is 1. The number of pyridine rings is 1. The second kappa shape index (κ2) is 8.81. The van der Waals surface area contributed by atoms with Gasteiger partial charge in [0.2, 0.25) is 0 Å². The second-order valence-electron chi connectivity index (χ2n) is 5.87. The summed E-state index contributed by atoms with van der Waals surface area (Å²) in [6, 6.07) is 6.60. The van der Waals surface area contributed by atoms with Gasteiger partial charge in [0.1, 0.15) is 12.4 Å². The zero-order valence-electron chi connectivity index (χ0n) is 15.3. The first-order valence-electron chi connectivity index (χ1n) is 8.52. The van der Waals surface area contributed by atoms with Gasteiger partial charge >= 0.3 is 6.36 Å². The van der Waals surface area contributed by atoms with Crippen molar-refractivity contribution in [2.45, 2.75) is 19.5 Å². The fourth-order valence-corrected chi connectivity index (χ4v) is 2.73. The van der Waals surface area contributed by atoms with Crippen molar-refractivity contribution >= 4 is 16.9 Å². The Hall–Kier alpha value is -3.62. The number of rotatable bonds is 5. The van der Waals surface area contributed by atoms with Crippen molar-refractivity contribution in [3.63, 3.8) is 0 Å². The van der Waals surface area contributed by atoms with Gasteiger partial charge in [-0.25, -0.2) is 9.67 Å². The van der Waals surface area contributed by atoms with E-state index in [2.05, 4.69) is 32.0 Å². The lowest BCUT2D eigenvalue weighted by atomic mass is 10.1. The standard InChI is InChI=1S/C19H15F3N4O4/c20-19(21,22)30-14-5-3-13(4-6-14)26-18-17(12(11-28)7-8-23-18)15(25-26)10-24-16(29)2-1-9-27/h3-8,27-28H,9-11H2,(H,24,29). The Morgan fingerprint density at radius 1 is 1.20 bits per heavy atom. The number of aliphatic hydroxyl groups excluding tert-OH is 2. The van der Waals surface area contributed by atoms with E-state index in [9.17, 15) is 23.1 Å². The van der Waals surface area contributed by atoms with Gasteiger partial charge in [0, 0.05) is 11.6 Å². The smallest absolute Gasteiger partial charge is 0.406 e. The molecule has 1 amide bonds. The van der Waals surface area contributed by atoms with Crippen LogP contribution in [0.5, 0.6) is 5.75 Å². The normalized spacial score (nSPS) is 11.1. The van der Waals surface area contributed by atoms with Crippen LogP contribution in [-0.4, -0.2) is 43.9 Å². The molecule has 3 rings (SSSR count). The third-order valence-corrected chi connectivity index (χ3v) is 3.91. The van der Waals surface area contributed by atoms with Crippen LogP contribution in [0.25, 0.3) is 16.7 Å². The van der Waals surface area contributed by atoms with Gasteiger partial charge in [-0.05, 0) is 41.8 Å². The van der Waals surface area contributed by atoms with Gasteiger partial charge in [0.05, 0.1) is 24.5 Å². The molecule has 0 aliphatic rings. The number of carbonyl (C=O) groups is 1. The highest BCUT2D eigenvalue weighted by Crippen LogP contribution is 2.27. The van der Waals surface area contributed by atoms with Crippen molar-refractivity contribution in [1.82, 2.24) is 20.1 Å². The largest absolute Gasteiger partial charge is 0.573 e. The highest BCUT2D eigenvalue weighted by atomic mass is 19.4. The SMILES string of the molecule is O=C(C#CCO)NCc1nn(-c2ccc(OC(F)(F)F)cc2)c2nccc(CO)c12. The summed E-state index contributed by atoms with van der Waals surface area (Å²) in [5.74, 6) is 3.39. The number of alkyl halides is 3. The Morgan fingerprint density at radius 2 is 1.93 bits per heavy atom.